The zero-order valence-corrected chi connectivity index (χ0v) is 13.8. The largest absolute Gasteiger partial charge is 0.459 e. The van der Waals surface area contributed by atoms with Crippen LogP contribution < -0.4 is 16.0 Å². The fraction of sp³-hybridized carbons (Fsp3) is 0.600. The van der Waals surface area contributed by atoms with Crippen molar-refractivity contribution in [3.05, 3.63) is 24.2 Å². The van der Waals surface area contributed by atoms with E-state index in [1.807, 2.05) is 0 Å². The van der Waals surface area contributed by atoms with Gasteiger partial charge in [0.15, 0.2) is 10.9 Å². The highest BCUT2D eigenvalue weighted by molar-refractivity contribution is 7.80. The molecule has 4 N–H and O–H groups in total. The summed E-state index contributed by atoms with van der Waals surface area (Å²) in [6.45, 7) is 8.92. The van der Waals surface area contributed by atoms with E-state index < -0.39 is 0 Å². The first kappa shape index (κ1) is 16.0. The first-order chi connectivity index (χ1) is 9.67. The van der Waals surface area contributed by atoms with Gasteiger partial charge in [-0.3, -0.25) is 10.1 Å². The maximum atomic E-state index is 11.9. The number of carbonyl (C=O) groups excluding carboxylic acids is 1. The third-order valence-electron chi connectivity index (χ3n) is 3.63. The Bertz CT molecular complexity index is 507. The van der Waals surface area contributed by atoms with Gasteiger partial charge in [0.1, 0.15) is 0 Å². The lowest BCUT2D eigenvalue weighted by Crippen LogP contribution is -3.06. The van der Waals surface area contributed by atoms with Crippen LogP contribution in [0.3, 0.4) is 0 Å². The van der Waals surface area contributed by atoms with Gasteiger partial charge < -0.3 is 15.1 Å². The van der Waals surface area contributed by atoms with E-state index in [4.69, 9.17) is 16.6 Å². The molecule has 0 atom stereocenters. The summed E-state index contributed by atoms with van der Waals surface area (Å²) < 4.78 is 5.05. The molecule has 5 nitrogen and oxygen atoms in total. The van der Waals surface area contributed by atoms with Crippen molar-refractivity contribution in [1.29, 1.82) is 0 Å². The fourth-order valence-electron chi connectivity index (χ4n) is 3.41. The van der Waals surface area contributed by atoms with Crippen molar-refractivity contribution in [3.63, 3.8) is 0 Å². The van der Waals surface area contributed by atoms with Gasteiger partial charge in [-0.1, -0.05) is 0 Å². The Kier molecular flexibility index (Phi) is 4.39. The van der Waals surface area contributed by atoms with E-state index in [1.165, 1.54) is 6.26 Å². The van der Waals surface area contributed by atoms with Crippen molar-refractivity contribution in [3.8, 4) is 0 Å². The van der Waals surface area contributed by atoms with Crippen molar-refractivity contribution in [2.45, 2.75) is 57.7 Å². The van der Waals surface area contributed by atoms with Crippen molar-refractivity contribution in [2.24, 2.45) is 0 Å². The minimum Gasteiger partial charge on any atom is -0.459 e. The molecule has 1 fully saturated rings. The molecule has 0 radical (unpaired) electrons. The number of nitrogens with one attached hydrogen (secondary N) is 2. The molecule has 0 unspecified atom stereocenters. The molecule has 116 valence electrons. The van der Waals surface area contributed by atoms with Gasteiger partial charge in [-0.15, -0.1) is 0 Å². The molecular weight excluding hydrogens is 286 g/mol. The Morgan fingerprint density at radius 2 is 1.95 bits per heavy atom. The number of hydrogen-bond acceptors (Lipinski definition) is 3. The number of carbonyl (C=O) groups is 1. The molecule has 1 aliphatic rings. The molecule has 0 aliphatic carbocycles. The Morgan fingerprint density at radius 3 is 2.48 bits per heavy atom. The number of quaternary nitrogens is 1. The molecule has 1 saturated heterocycles. The van der Waals surface area contributed by atoms with Crippen LogP contribution in [0.25, 0.3) is 0 Å². The number of nitrogens with two attached hydrogens (primary N) is 1. The molecule has 1 aromatic rings. The van der Waals surface area contributed by atoms with Gasteiger partial charge in [-0.2, -0.15) is 0 Å². The SMILES string of the molecule is CC1(C)CC(NC(=S)NC(=O)c2ccco2)CC(C)(C)[NH2+]1. The second kappa shape index (κ2) is 5.77. The summed E-state index contributed by atoms with van der Waals surface area (Å²) in [5.41, 5.74) is 0.306. The first-order valence-electron chi connectivity index (χ1n) is 7.19. The number of piperidine rings is 1. The molecule has 0 spiro atoms. The molecule has 0 bridgehead atoms. The summed E-state index contributed by atoms with van der Waals surface area (Å²) in [4.78, 5) is 11.9. The first-order valence-corrected chi connectivity index (χ1v) is 7.60. The second-order valence-corrected chi connectivity index (χ2v) is 7.54. The van der Waals surface area contributed by atoms with Crippen LogP contribution in [0.5, 0.6) is 0 Å². The summed E-state index contributed by atoms with van der Waals surface area (Å²) in [5.74, 6) is -0.0600. The normalized spacial score (nSPS) is 20.8. The molecule has 1 aliphatic heterocycles. The minimum absolute atomic E-state index is 0.153. The van der Waals surface area contributed by atoms with Crippen LogP contribution >= 0.6 is 12.2 Å². The van der Waals surface area contributed by atoms with Crippen molar-refractivity contribution in [1.82, 2.24) is 10.6 Å². The molecule has 2 heterocycles. The van der Waals surface area contributed by atoms with E-state index in [0.717, 1.165) is 12.8 Å². The van der Waals surface area contributed by atoms with Gasteiger partial charge in [0.2, 0.25) is 0 Å². The number of hydrogen-bond donors (Lipinski definition) is 3. The maximum Gasteiger partial charge on any atom is 0.293 e. The van der Waals surface area contributed by atoms with E-state index in [1.54, 1.807) is 12.1 Å². The minimum atomic E-state index is -0.321. The van der Waals surface area contributed by atoms with Gasteiger partial charge in [0.05, 0.1) is 17.3 Å². The highest BCUT2D eigenvalue weighted by atomic mass is 32.1. The van der Waals surface area contributed by atoms with E-state index in [9.17, 15) is 4.79 Å². The second-order valence-electron chi connectivity index (χ2n) is 7.13. The molecule has 1 aromatic heterocycles. The van der Waals surface area contributed by atoms with Crippen LogP contribution in [0.4, 0.5) is 0 Å². The Morgan fingerprint density at radius 1 is 1.33 bits per heavy atom. The summed E-state index contributed by atoms with van der Waals surface area (Å²) in [6, 6.07) is 3.54. The Labute approximate surface area is 130 Å². The molecule has 6 heteroatoms. The third kappa shape index (κ3) is 4.54. The van der Waals surface area contributed by atoms with E-state index >= 15 is 0 Å². The number of furan rings is 1. The fourth-order valence-corrected chi connectivity index (χ4v) is 3.67. The van der Waals surface area contributed by atoms with Crippen LogP contribution in [-0.4, -0.2) is 28.1 Å². The summed E-state index contributed by atoms with van der Waals surface area (Å²) >= 11 is 5.24. The molecule has 21 heavy (non-hydrogen) atoms. The van der Waals surface area contributed by atoms with E-state index in [-0.39, 0.29) is 28.8 Å². The number of thiocarbonyl (C=S) groups is 1. The average Bonchev–Trinajstić information content (AvgIpc) is 2.76. The number of rotatable bonds is 2. The van der Waals surface area contributed by atoms with Crippen LogP contribution in [-0.2, 0) is 0 Å². The van der Waals surface area contributed by atoms with Gasteiger partial charge in [0, 0.05) is 18.9 Å². The third-order valence-corrected chi connectivity index (χ3v) is 3.85. The monoisotopic (exact) mass is 310 g/mol. The lowest BCUT2D eigenvalue weighted by molar-refractivity contribution is -0.787. The quantitative estimate of drug-likeness (QED) is 0.717. The average molecular weight is 310 g/mol. The molecular formula is C15H24N3O2S+. The zero-order valence-electron chi connectivity index (χ0n) is 13.0. The summed E-state index contributed by atoms with van der Waals surface area (Å²) in [5, 5.41) is 8.68. The number of amides is 1. The molecule has 0 aromatic carbocycles. The molecule has 2 rings (SSSR count). The lowest BCUT2D eigenvalue weighted by Gasteiger charge is -2.43. The predicted molar refractivity (Wildman–Crippen MR) is 85.0 cm³/mol. The van der Waals surface area contributed by atoms with Crippen LogP contribution in [0.2, 0.25) is 0 Å². The molecule has 1 amide bonds. The van der Waals surface area contributed by atoms with Crippen molar-refractivity contribution < 1.29 is 14.5 Å². The van der Waals surface area contributed by atoms with Crippen molar-refractivity contribution in [2.75, 3.05) is 0 Å². The smallest absolute Gasteiger partial charge is 0.293 e. The molecule has 0 saturated carbocycles. The predicted octanol–water partition coefficient (Wildman–Crippen LogP) is 1.17. The highest BCUT2D eigenvalue weighted by Crippen LogP contribution is 2.21. The summed E-state index contributed by atoms with van der Waals surface area (Å²) in [6.07, 6.45) is 3.45. The standard InChI is InChI=1S/C15H23N3O2S/c1-14(2)8-10(9-15(3,4)18-14)16-13(21)17-12(19)11-6-5-7-20-11/h5-7,10,18H,8-9H2,1-4H3,(H2,16,17,19,21)/p+1. The topological polar surface area (TPSA) is 70.9 Å². The van der Waals surface area contributed by atoms with Crippen LogP contribution in [0.1, 0.15) is 51.1 Å². The maximum absolute atomic E-state index is 11.9. The lowest BCUT2D eigenvalue weighted by atomic mass is 9.80. The highest BCUT2D eigenvalue weighted by Gasteiger charge is 2.41. The van der Waals surface area contributed by atoms with Crippen molar-refractivity contribution >= 4 is 23.2 Å². The van der Waals surface area contributed by atoms with Gasteiger partial charge in [-0.05, 0) is 52.0 Å². The van der Waals surface area contributed by atoms with Crippen LogP contribution in [0, 0.1) is 0 Å². The Balaban J connectivity index is 1.92. The zero-order chi connectivity index (χ0) is 15.7. The Hall–Kier alpha value is -1.40. The van der Waals surface area contributed by atoms with Gasteiger partial charge >= 0.3 is 0 Å². The van der Waals surface area contributed by atoms with E-state index in [2.05, 4.69) is 43.6 Å². The van der Waals surface area contributed by atoms with E-state index in [0.29, 0.717) is 5.11 Å². The van der Waals surface area contributed by atoms with Gasteiger partial charge in [0.25, 0.3) is 5.91 Å². The van der Waals surface area contributed by atoms with Gasteiger partial charge in [-0.25, -0.2) is 0 Å². The van der Waals surface area contributed by atoms with Crippen LogP contribution in [0.15, 0.2) is 22.8 Å². The summed E-state index contributed by atoms with van der Waals surface area (Å²) in [7, 11) is 0.